The molecule has 0 radical (unpaired) electrons. The molecule has 1 aliphatic heterocycles. The van der Waals surface area contributed by atoms with E-state index in [1.807, 2.05) is 0 Å². The second kappa shape index (κ2) is 5.44. The minimum absolute atomic E-state index is 0.140. The van der Waals surface area contributed by atoms with Crippen LogP contribution in [0.3, 0.4) is 0 Å². The summed E-state index contributed by atoms with van der Waals surface area (Å²) in [6.07, 6.45) is 7.33. The Bertz CT molecular complexity index is 474. The molecule has 0 amide bonds. The zero-order chi connectivity index (χ0) is 14.0. The lowest BCUT2D eigenvalue weighted by molar-refractivity contribution is -0.0508. The predicted molar refractivity (Wildman–Crippen MR) is 74.2 cm³/mol. The van der Waals surface area contributed by atoms with Gasteiger partial charge in [0.2, 0.25) is 0 Å². The Balaban J connectivity index is 1.51. The molecule has 108 valence electrons. The maximum absolute atomic E-state index is 10.8. The van der Waals surface area contributed by atoms with Crippen molar-refractivity contribution >= 4 is 5.97 Å². The van der Waals surface area contributed by atoms with E-state index in [2.05, 4.69) is 0 Å². The smallest absolute Gasteiger partial charge is 0.335 e. The maximum Gasteiger partial charge on any atom is 0.335 e. The monoisotopic (exact) mass is 276 g/mol. The van der Waals surface area contributed by atoms with Crippen LogP contribution in [0.1, 0.15) is 48.9 Å². The van der Waals surface area contributed by atoms with Crippen LogP contribution in [-0.2, 0) is 4.74 Å². The van der Waals surface area contributed by atoms with Crippen molar-refractivity contribution in [2.75, 3.05) is 6.61 Å². The van der Waals surface area contributed by atoms with Crippen molar-refractivity contribution in [1.29, 1.82) is 0 Å². The van der Waals surface area contributed by atoms with Crippen LogP contribution in [0.4, 0.5) is 0 Å². The van der Waals surface area contributed by atoms with Crippen LogP contribution in [-0.4, -0.2) is 29.4 Å². The number of rotatable bonds is 4. The summed E-state index contributed by atoms with van der Waals surface area (Å²) < 4.78 is 11.9. The minimum atomic E-state index is -0.918. The minimum Gasteiger partial charge on any atom is -0.491 e. The summed E-state index contributed by atoms with van der Waals surface area (Å²) in [4.78, 5) is 10.8. The second-order valence-electron chi connectivity index (χ2n) is 5.81. The van der Waals surface area contributed by atoms with Gasteiger partial charge in [-0.3, -0.25) is 0 Å². The van der Waals surface area contributed by atoms with Crippen molar-refractivity contribution in [3.05, 3.63) is 29.8 Å². The van der Waals surface area contributed by atoms with Gasteiger partial charge in [-0.25, -0.2) is 4.79 Å². The Morgan fingerprint density at radius 1 is 1.25 bits per heavy atom. The highest BCUT2D eigenvalue weighted by Crippen LogP contribution is 2.43. The zero-order valence-electron chi connectivity index (χ0n) is 11.5. The number of benzene rings is 1. The number of carbonyl (C=O) groups is 1. The summed E-state index contributed by atoms with van der Waals surface area (Å²) in [6, 6.07) is 6.52. The SMILES string of the molecule is O=C(O)c1ccc(OCC2CCC3(CCCC3)O2)cc1. The molecule has 1 aliphatic carbocycles. The molecule has 1 saturated carbocycles. The molecule has 4 heteroatoms. The molecule has 1 aromatic carbocycles. The van der Waals surface area contributed by atoms with E-state index in [1.54, 1.807) is 24.3 Å². The van der Waals surface area contributed by atoms with E-state index in [1.165, 1.54) is 25.7 Å². The highest BCUT2D eigenvalue weighted by atomic mass is 16.6. The van der Waals surface area contributed by atoms with E-state index in [4.69, 9.17) is 14.6 Å². The first kappa shape index (κ1) is 13.4. The molecule has 2 fully saturated rings. The molecule has 3 rings (SSSR count). The summed E-state index contributed by atoms with van der Waals surface area (Å²) in [5.41, 5.74) is 0.417. The molecule has 1 N–H and O–H groups in total. The lowest BCUT2D eigenvalue weighted by Gasteiger charge is -2.23. The fraction of sp³-hybridized carbons (Fsp3) is 0.562. The molecule has 2 aliphatic rings. The van der Waals surface area contributed by atoms with Crippen molar-refractivity contribution < 1.29 is 19.4 Å². The van der Waals surface area contributed by atoms with Crippen LogP contribution in [0.15, 0.2) is 24.3 Å². The third kappa shape index (κ3) is 2.80. The molecule has 0 aromatic heterocycles. The van der Waals surface area contributed by atoms with Crippen molar-refractivity contribution in [3.8, 4) is 5.75 Å². The van der Waals surface area contributed by atoms with Crippen molar-refractivity contribution in [2.45, 2.75) is 50.2 Å². The van der Waals surface area contributed by atoms with Gasteiger partial charge in [0.25, 0.3) is 0 Å². The first-order chi connectivity index (χ1) is 9.67. The van der Waals surface area contributed by atoms with Crippen LogP contribution in [0, 0.1) is 0 Å². The Morgan fingerprint density at radius 2 is 1.95 bits per heavy atom. The molecule has 4 nitrogen and oxygen atoms in total. The quantitative estimate of drug-likeness (QED) is 0.917. The summed E-state index contributed by atoms with van der Waals surface area (Å²) in [5, 5.41) is 8.84. The summed E-state index contributed by atoms with van der Waals surface area (Å²) in [5.74, 6) is -0.218. The van der Waals surface area contributed by atoms with Crippen molar-refractivity contribution in [1.82, 2.24) is 0 Å². The van der Waals surface area contributed by atoms with Crippen LogP contribution in [0.25, 0.3) is 0 Å². The number of ether oxygens (including phenoxy) is 2. The predicted octanol–water partition coefficient (Wildman–Crippen LogP) is 3.26. The van der Waals surface area contributed by atoms with Crippen LogP contribution >= 0.6 is 0 Å². The van der Waals surface area contributed by atoms with E-state index in [0.29, 0.717) is 12.4 Å². The lowest BCUT2D eigenvalue weighted by Crippen LogP contribution is -2.27. The molecule has 1 unspecified atom stereocenters. The number of carboxylic acids is 1. The standard InChI is InChI=1S/C16H20O4/c17-15(18)12-3-5-13(6-4-12)19-11-14-7-10-16(20-14)8-1-2-9-16/h3-6,14H,1-2,7-11H2,(H,17,18). The van der Waals surface area contributed by atoms with Crippen molar-refractivity contribution in [2.24, 2.45) is 0 Å². The first-order valence-corrected chi connectivity index (χ1v) is 7.31. The highest BCUT2D eigenvalue weighted by molar-refractivity contribution is 5.87. The van der Waals surface area contributed by atoms with Crippen LogP contribution in [0.5, 0.6) is 5.75 Å². The Kier molecular flexibility index (Phi) is 3.66. The van der Waals surface area contributed by atoms with Gasteiger partial charge in [0.05, 0.1) is 17.3 Å². The Morgan fingerprint density at radius 3 is 2.60 bits per heavy atom. The average molecular weight is 276 g/mol. The molecule has 1 aromatic rings. The molecule has 1 spiro atoms. The van der Waals surface area contributed by atoms with E-state index in [9.17, 15) is 4.79 Å². The fourth-order valence-electron chi connectivity index (χ4n) is 3.28. The van der Waals surface area contributed by atoms with Gasteiger partial charge < -0.3 is 14.6 Å². The van der Waals surface area contributed by atoms with E-state index < -0.39 is 5.97 Å². The molecule has 1 heterocycles. The summed E-state index contributed by atoms with van der Waals surface area (Å²) >= 11 is 0. The second-order valence-corrected chi connectivity index (χ2v) is 5.81. The number of carboxylic acid groups (broad SMARTS) is 1. The van der Waals surface area contributed by atoms with Crippen LogP contribution < -0.4 is 4.74 Å². The van der Waals surface area contributed by atoms with Gasteiger partial charge in [-0.15, -0.1) is 0 Å². The molecule has 1 saturated heterocycles. The van der Waals surface area contributed by atoms with Gasteiger partial charge in [-0.1, -0.05) is 12.8 Å². The lowest BCUT2D eigenvalue weighted by atomic mass is 9.98. The number of aromatic carboxylic acids is 1. The topological polar surface area (TPSA) is 55.8 Å². The van der Waals surface area contributed by atoms with Crippen molar-refractivity contribution in [3.63, 3.8) is 0 Å². The van der Waals surface area contributed by atoms with Gasteiger partial charge in [0.1, 0.15) is 12.4 Å². The average Bonchev–Trinajstić information content (AvgIpc) is 3.08. The molecule has 20 heavy (non-hydrogen) atoms. The summed E-state index contributed by atoms with van der Waals surface area (Å²) in [7, 11) is 0. The molecular formula is C16H20O4. The third-order valence-corrected chi connectivity index (χ3v) is 4.39. The van der Waals surface area contributed by atoms with E-state index in [0.717, 1.165) is 12.8 Å². The first-order valence-electron chi connectivity index (χ1n) is 7.31. The van der Waals surface area contributed by atoms with Gasteiger partial charge >= 0.3 is 5.97 Å². The molecular weight excluding hydrogens is 256 g/mol. The summed E-state index contributed by atoms with van der Waals surface area (Å²) in [6.45, 7) is 0.550. The van der Waals surface area contributed by atoms with E-state index >= 15 is 0 Å². The van der Waals surface area contributed by atoms with E-state index in [-0.39, 0.29) is 17.3 Å². The number of hydrogen-bond acceptors (Lipinski definition) is 3. The highest BCUT2D eigenvalue weighted by Gasteiger charge is 2.42. The largest absolute Gasteiger partial charge is 0.491 e. The Hall–Kier alpha value is -1.55. The third-order valence-electron chi connectivity index (χ3n) is 4.39. The van der Waals surface area contributed by atoms with Gasteiger partial charge in [-0.05, 0) is 49.9 Å². The molecule has 1 atom stereocenters. The van der Waals surface area contributed by atoms with Gasteiger partial charge in [0.15, 0.2) is 0 Å². The van der Waals surface area contributed by atoms with Gasteiger partial charge in [0, 0.05) is 0 Å². The van der Waals surface area contributed by atoms with Gasteiger partial charge in [-0.2, -0.15) is 0 Å². The fourth-order valence-corrected chi connectivity index (χ4v) is 3.28. The number of hydrogen-bond donors (Lipinski definition) is 1. The van der Waals surface area contributed by atoms with Crippen LogP contribution in [0.2, 0.25) is 0 Å². The Labute approximate surface area is 118 Å². The zero-order valence-corrected chi connectivity index (χ0v) is 11.5. The molecule has 0 bridgehead atoms. The normalized spacial score (nSPS) is 24.1. The maximum atomic E-state index is 10.8.